The van der Waals surface area contributed by atoms with Gasteiger partial charge in [-0.2, -0.15) is 10.2 Å². The predicted octanol–water partition coefficient (Wildman–Crippen LogP) is 5.99. The maximum absolute atomic E-state index is 14.0. The lowest BCUT2D eigenvalue weighted by atomic mass is 9.98. The highest BCUT2D eigenvalue weighted by atomic mass is 32.2. The van der Waals surface area contributed by atoms with Gasteiger partial charge in [-0.15, -0.1) is 0 Å². The number of fused-ring (bicyclic) bond motifs is 1. The summed E-state index contributed by atoms with van der Waals surface area (Å²) in [6, 6.07) is 6.81. The molecule has 0 radical (unpaired) electrons. The average Bonchev–Trinajstić information content (AvgIpc) is 3.69. The van der Waals surface area contributed by atoms with Crippen molar-refractivity contribution in [2.45, 2.75) is 97.8 Å². The molecule has 14 nitrogen and oxygen atoms in total. The van der Waals surface area contributed by atoms with Crippen molar-refractivity contribution >= 4 is 39.2 Å². The van der Waals surface area contributed by atoms with Crippen molar-refractivity contribution < 1.29 is 27.1 Å². The Balaban J connectivity index is 0.000000226. The number of sulfonamides is 1. The molecular weight excluding hydrogens is 678 g/mol. The van der Waals surface area contributed by atoms with Crippen molar-refractivity contribution in [3.05, 3.63) is 70.1 Å². The van der Waals surface area contributed by atoms with Crippen LogP contribution in [-0.2, 0) is 14.8 Å². The van der Waals surface area contributed by atoms with Gasteiger partial charge >= 0.3 is 6.09 Å². The molecule has 0 saturated carbocycles. The molecule has 4 aromatic rings. The van der Waals surface area contributed by atoms with Crippen molar-refractivity contribution in [1.82, 2.24) is 34.6 Å². The smallest absolute Gasteiger partial charge is 0.410 e. The normalized spacial score (nSPS) is 18.3. The first-order valence-corrected chi connectivity index (χ1v) is 19.0. The quantitative estimate of drug-likeness (QED) is 0.223. The summed E-state index contributed by atoms with van der Waals surface area (Å²) in [7, 11) is -3.64. The molecule has 3 aromatic heterocycles. The Morgan fingerprint density at radius 1 is 1.00 bits per heavy atom. The highest BCUT2D eigenvalue weighted by Gasteiger charge is 2.34. The molecule has 2 atom stereocenters. The molecular formula is C35H48FN9O5S. The van der Waals surface area contributed by atoms with Crippen LogP contribution in [0.5, 0.6) is 0 Å². The van der Waals surface area contributed by atoms with Gasteiger partial charge in [-0.1, -0.05) is 0 Å². The predicted molar refractivity (Wildman–Crippen MR) is 192 cm³/mol. The van der Waals surface area contributed by atoms with Crippen LogP contribution in [0.4, 0.5) is 20.7 Å². The summed E-state index contributed by atoms with van der Waals surface area (Å²) in [5, 5.41) is 11.6. The zero-order valence-electron chi connectivity index (χ0n) is 30.3. The van der Waals surface area contributed by atoms with E-state index in [1.165, 1.54) is 6.07 Å². The molecule has 2 fully saturated rings. The fourth-order valence-electron chi connectivity index (χ4n) is 6.49. The van der Waals surface area contributed by atoms with Crippen molar-refractivity contribution in [2.24, 2.45) is 0 Å². The minimum atomic E-state index is -3.64. The highest BCUT2D eigenvalue weighted by Crippen LogP contribution is 2.34. The third kappa shape index (κ3) is 8.96. The molecule has 2 aliphatic rings. The number of carbonyl (C=O) groups excluding carboxylic acids is 2. The van der Waals surface area contributed by atoms with Gasteiger partial charge in [-0.05, 0) is 104 Å². The largest absolute Gasteiger partial charge is 0.444 e. The Kier molecular flexibility index (Phi) is 10.9. The van der Waals surface area contributed by atoms with Crippen LogP contribution >= 0.6 is 0 Å². The van der Waals surface area contributed by atoms with E-state index in [1.807, 2.05) is 47.6 Å². The number of piperidine rings is 2. The molecule has 0 unspecified atom stereocenters. The van der Waals surface area contributed by atoms with Crippen molar-refractivity contribution in [3.8, 4) is 0 Å². The number of aryl methyl sites for hydroxylation is 2. The van der Waals surface area contributed by atoms with Gasteiger partial charge in [-0.3, -0.25) is 19.5 Å². The Bertz CT molecular complexity index is 2020. The Morgan fingerprint density at radius 3 is 2.29 bits per heavy atom. The van der Waals surface area contributed by atoms with Gasteiger partial charge in [0.15, 0.2) is 5.65 Å². The van der Waals surface area contributed by atoms with E-state index in [2.05, 4.69) is 19.9 Å². The van der Waals surface area contributed by atoms with Gasteiger partial charge in [0.05, 0.1) is 41.0 Å². The van der Waals surface area contributed by atoms with Crippen LogP contribution in [0.15, 0.2) is 30.3 Å². The van der Waals surface area contributed by atoms with Gasteiger partial charge in [-0.25, -0.2) is 27.1 Å². The van der Waals surface area contributed by atoms with Gasteiger partial charge in [0, 0.05) is 36.6 Å². The maximum Gasteiger partial charge on any atom is 0.410 e. The summed E-state index contributed by atoms with van der Waals surface area (Å²) in [5.74, 6) is -0.598. The van der Waals surface area contributed by atoms with Gasteiger partial charge in [0.25, 0.3) is 5.91 Å². The number of anilines is 2. The Labute approximate surface area is 298 Å². The van der Waals surface area contributed by atoms with E-state index in [1.54, 1.807) is 20.4 Å². The third-order valence-electron chi connectivity index (χ3n) is 9.11. The molecule has 276 valence electrons. The van der Waals surface area contributed by atoms with Crippen LogP contribution in [0, 0.1) is 26.6 Å². The van der Waals surface area contributed by atoms with Crippen molar-refractivity contribution in [3.63, 3.8) is 0 Å². The minimum absolute atomic E-state index is 0.0200. The SMILES string of the molecule is CC(C)(C)OC(=O)N1CCCC[C@H]1c1cc(N)n[nH]1.Cc1nc2cc([C@@H]3CCCCN3C(=O)c3cc(F)ccc3NS(C)(=O)=O)nn2c(C)c1C. The van der Waals surface area contributed by atoms with Crippen LogP contribution in [0.2, 0.25) is 0 Å². The van der Waals surface area contributed by atoms with Crippen LogP contribution in [-0.4, -0.2) is 80.0 Å². The molecule has 6 rings (SSSR count). The first-order chi connectivity index (χ1) is 23.9. The molecule has 1 aromatic carbocycles. The summed E-state index contributed by atoms with van der Waals surface area (Å²) >= 11 is 0. The van der Waals surface area contributed by atoms with Crippen molar-refractivity contribution in [1.29, 1.82) is 0 Å². The number of benzene rings is 1. The summed E-state index contributed by atoms with van der Waals surface area (Å²) in [6.07, 6.45) is 6.13. The van der Waals surface area contributed by atoms with Crippen LogP contribution < -0.4 is 10.5 Å². The second-order valence-electron chi connectivity index (χ2n) is 14.3. The number of nitrogen functional groups attached to an aromatic ring is 1. The second kappa shape index (κ2) is 14.9. The second-order valence-corrected chi connectivity index (χ2v) is 16.0. The fraction of sp³-hybridized carbons (Fsp3) is 0.514. The minimum Gasteiger partial charge on any atom is -0.444 e. The summed E-state index contributed by atoms with van der Waals surface area (Å²) < 4.78 is 47.1. The van der Waals surface area contributed by atoms with E-state index < -0.39 is 27.3 Å². The zero-order valence-corrected chi connectivity index (χ0v) is 31.1. The van der Waals surface area contributed by atoms with Gasteiger partial charge in [0.2, 0.25) is 10.0 Å². The first kappa shape index (κ1) is 37.5. The number of nitrogens with two attached hydrogens (primary N) is 1. The molecule has 0 aliphatic carbocycles. The van der Waals surface area contributed by atoms with E-state index in [0.717, 1.165) is 73.1 Å². The zero-order chi connectivity index (χ0) is 37.2. The molecule has 51 heavy (non-hydrogen) atoms. The number of hydrogen-bond donors (Lipinski definition) is 3. The third-order valence-corrected chi connectivity index (χ3v) is 9.71. The monoisotopic (exact) mass is 725 g/mol. The Hall–Kier alpha value is -4.73. The lowest BCUT2D eigenvalue weighted by Crippen LogP contribution is -2.42. The fourth-order valence-corrected chi connectivity index (χ4v) is 7.07. The van der Waals surface area contributed by atoms with E-state index in [0.29, 0.717) is 36.7 Å². The first-order valence-electron chi connectivity index (χ1n) is 17.1. The van der Waals surface area contributed by atoms with Crippen LogP contribution in [0.1, 0.15) is 110 Å². The average molecular weight is 726 g/mol. The Morgan fingerprint density at radius 2 is 1.67 bits per heavy atom. The summed E-state index contributed by atoms with van der Waals surface area (Å²) in [5.41, 5.74) is 10.5. The van der Waals surface area contributed by atoms with E-state index in [4.69, 9.17) is 15.6 Å². The number of halogens is 1. The molecule has 2 saturated heterocycles. The number of aromatic nitrogens is 5. The number of ether oxygens (including phenoxy) is 1. The maximum atomic E-state index is 14.0. The number of hydrogen-bond acceptors (Lipinski definition) is 9. The number of H-pyrrole nitrogens is 1. The summed E-state index contributed by atoms with van der Waals surface area (Å²) in [6.45, 7) is 12.7. The number of aromatic amines is 1. The molecule has 2 amide bonds. The molecule has 5 heterocycles. The van der Waals surface area contributed by atoms with Crippen LogP contribution in [0.25, 0.3) is 5.65 Å². The number of likely N-dealkylation sites (tertiary alicyclic amines) is 2. The molecule has 4 N–H and O–H groups in total. The van der Waals surface area contributed by atoms with E-state index in [-0.39, 0.29) is 29.4 Å². The molecule has 0 spiro atoms. The standard InChI is InChI=1S/C22H26FN5O3S.C13H22N4O2/c1-13-14(2)24-21-12-19(25-28(21)15(13)3)20-7-5-6-10-27(20)22(29)17-11-16(23)8-9-18(17)26-32(4,30)31;1-13(2,3)19-12(18)17-7-5-4-6-10(17)9-8-11(14)16-15-9/h8-9,11-12,20,26H,5-7,10H2,1-4H3;8,10H,4-7H2,1-3H3,(H3,14,15,16)/t20-;10-/m00/s1. The number of carbonyl (C=O) groups is 2. The summed E-state index contributed by atoms with van der Waals surface area (Å²) in [4.78, 5) is 33.8. The topological polar surface area (TPSA) is 181 Å². The lowest BCUT2D eigenvalue weighted by Gasteiger charge is -2.36. The van der Waals surface area contributed by atoms with Gasteiger partial charge < -0.3 is 15.4 Å². The number of amides is 2. The lowest BCUT2D eigenvalue weighted by molar-refractivity contribution is 0.00898. The van der Waals surface area contributed by atoms with Gasteiger partial charge in [0.1, 0.15) is 17.2 Å². The molecule has 2 aliphatic heterocycles. The molecule has 16 heteroatoms. The van der Waals surface area contributed by atoms with Crippen LogP contribution in [0.3, 0.4) is 0 Å². The number of rotatable bonds is 5. The van der Waals surface area contributed by atoms with E-state index >= 15 is 0 Å². The highest BCUT2D eigenvalue weighted by molar-refractivity contribution is 7.92. The number of nitrogens with zero attached hydrogens (tertiary/aromatic N) is 6. The number of nitrogens with one attached hydrogen (secondary N) is 2. The van der Waals surface area contributed by atoms with Crippen molar-refractivity contribution in [2.75, 3.05) is 29.8 Å². The van der Waals surface area contributed by atoms with E-state index in [9.17, 15) is 22.4 Å². The molecule has 0 bridgehead atoms.